The van der Waals surface area contributed by atoms with E-state index in [2.05, 4.69) is 21.2 Å². The second kappa shape index (κ2) is 8.83. The highest BCUT2D eigenvalue weighted by Gasteiger charge is 2.36. The Morgan fingerprint density at radius 2 is 1.83 bits per heavy atom. The maximum atomic E-state index is 12.8. The maximum absolute atomic E-state index is 12.8. The van der Waals surface area contributed by atoms with Gasteiger partial charge in [-0.05, 0) is 43.4 Å². The summed E-state index contributed by atoms with van der Waals surface area (Å²) in [5.74, 6) is 0.380. The standard InChI is InChI=1S/C17H24BrN3O2.ClH/c1-12(22)20-11-13-7-9-21(10-8-13)16(23)17(2,19)14-3-5-15(18)6-4-14;/h3-6,13H,7-11,19H2,1-2H3,(H,20,22);1H. The monoisotopic (exact) mass is 417 g/mol. The molecule has 1 aromatic carbocycles. The molecule has 1 aromatic rings. The molecule has 0 radical (unpaired) electrons. The van der Waals surface area contributed by atoms with Crippen molar-refractivity contribution in [3.05, 3.63) is 34.3 Å². The predicted molar refractivity (Wildman–Crippen MR) is 101 cm³/mol. The number of halogens is 2. The summed E-state index contributed by atoms with van der Waals surface area (Å²) < 4.78 is 0.961. The van der Waals surface area contributed by atoms with Crippen LogP contribution in [0.3, 0.4) is 0 Å². The quantitative estimate of drug-likeness (QED) is 0.788. The van der Waals surface area contributed by atoms with Gasteiger partial charge in [0.1, 0.15) is 5.54 Å². The van der Waals surface area contributed by atoms with Crippen LogP contribution < -0.4 is 11.1 Å². The fourth-order valence-electron chi connectivity index (χ4n) is 2.88. The minimum atomic E-state index is -1.02. The highest BCUT2D eigenvalue weighted by atomic mass is 79.9. The molecule has 1 heterocycles. The molecule has 2 rings (SSSR count). The lowest BCUT2D eigenvalue weighted by Crippen LogP contribution is -2.53. The molecule has 0 saturated carbocycles. The average Bonchev–Trinajstić information content (AvgIpc) is 2.53. The average molecular weight is 419 g/mol. The molecule has 134 valence electrons. The van der Waals surface area contributed by atoms with Gasteiger partial charge in [-0.1, -0.05) is 28.1 Å². The minimum absolute atomic E-state index is 0. The third-order valence-corrected chi connectivity index (χ3v) is 4.96. The summed E-state index contributed by atoms with van der Waals surface area (Å²) in [6.45, 7) is 5.35. The van der Waals surface area contributed by atoms with Crippen molar-refractivity contribution >= 4 is 40.2 Å². The molecule has 3 N–H and O–H groups in total. The van der Waals surface area contributed by atoms with E-state index in [1.165, 1.54) is 6.92 Å². The molecule has 1 fully saturated rings. The van der Waals surface area contributed by atoms with Gasteiger partial charge in [-0.3, -0.25) is 9.59 Å². The van der Waals surface area contributed by atoms with Crippen LogP contribution in [0.2, 0.25) is 0 Å². The number of benzene rings is 1. The molecule has 7 heteroatoms. The number of carbonyl (C=O) groups is 2. The molecule has 5 nitrogen and oxygen atoms in total. The molecule has 0 bridgehead atoms. The van der Waals surface area contributed by atoms with E-state index >= 15 is 0 Å². The van der Waals surface area contributed by atoms with Gasteiger partial charge in [0.05, 0.1) is 0 Å². The first-order chi connectivity index (χ1) is 10.8. The van der Waals surface area contributed by atoms with Gasteiger partial charge >= 0.3 is 0 Å². The number of hydrogen-bond donors (Lipinski definition) is 2. The number of hydrogen-bond acceptors (Lipinski definition) is 3. The summed E-state index contributed by atoms with van der Waals surface area (Å²) in [4.78, 5) is 25.6. The van der Waals surface area contributed by atoms with Crippen molar-refractivity contribution in [1.29, 1.82) is 0 Å². The van der Waals surface area contributed by atoms with Gasteiger partial charge in [0.15, 0.2) is 0 Å². The molecular formula is C17H25BrClN3O2. The lowest BCUT2D eigenvalue weighted by atomic mass is 9.89. The van der Waals surface area contributed by atoms with Crippen LogP contribution in [0.5, 0.6) is 0 Å². The van der Waals surface area contributed by atoms with Crippen molar-refractivity contribution in [2.75, 3.05) is 19.6 Å². The van der Waals surface area contributed by atoms with Crippen molar-refractivity contribution in [2.24, 2.45) is 11.7 Å². The van der Waals surface area contributed by atoms with Gasteiger partial charge in [0, 0.05) is 31.0 Å². The maximum Gasteiger partial charge on any atom is 0.246 e. The normalized spacial score (nSPS) is 17.6. The van der Waals surface area contributed by atoms with Crippen molar-refractivity contribution in [1.82, 2.24) is 10.2 Å². The first-order valence-electron chi connectivity index (χ1n) is 7.89. The molecule has 2 amide bonds. The van der Waals surface area contributed by atoms with E-state index in [0.29, 0.717) is 25.6 Å². The first kappa shape index (κ1) is 20.9. The number of nitrogens with two attached hydrogens (primary N) is 1. The van der Waals surface area contributed by atoms with E-state index in [1.54, 1.807) is 6.92 Å². The Morgan fingerprint density at radius 1 is 1.29 bits per heavy atom. The Morgan fingerprint density at radius 3 is 2.33 bits per heavy atom. The number of nitrogens with one attached hydrogen (secondary N) is 1. The number of piperidine rings is 1. The number of nitrogens with zero attached hydrogens (tertiary/aromatic N) is 1. The Kier molecular flexibility index (Phi) is 7.70. The fourth-order valence-corrected chi connectivity index (χ4v) is 3.14. The molecule has 1 unspecified atom stereocenters. The summed E-state index contributed by atoms with van der Waals surface area (Å²) in [6.07, 6.45) is 1.78. The molecule has 1 aliphatic heterocycles. The molecule has 1 atom stereocenters. The van der Waals surface area contributed by atoms with Crippen LogP contribution in [-0.2, 0) is 15.1 Å². The predicted octanol–water partition coefficient (Wildman–Crippen LogP) is 2.42. The van der Waals surface area contributed by atoms with E-state index in [0.717, 1.165) is 22.9 Å². The topological polar surface area (TPSA) is 75.4 Å². The van der Waals surface area contributed by atoms with E-state index < -0.39 is 5.54 Å². The lowest BCUT2D eigenvalue weighted by Gasteiger charge is -2.37. The number of likely N-dealkylation sites (tertiary alicyclic amines) is 1. The van der Waals surface area contributed by atoms with Gasteiger partial charge in [-0.15, -0.1) is 12.4 Å². The SMILES string of the molecule is CC(=O)NCC1CCN(C(=O)C(C)(N)c2ccc(Br)cc2)CC1.Cl. The van der Waals surface area contributed by atoms with Crippen LogP contribution in [0.15, 0.2) is 28.7 Å². The largest absolute Gasteiger partial charge is 0.356 e. The second-order valence-electron chi connectivity index (χ2n) is 6.38. The minimum Gasteiger partial charge on any atom is -0.356 e. The van der Waals surface area contributed by atoms with Crippen LogP contribution in [0.4, 0.5) is 0 Å². The summed E-state index contributed by atoms with van der Waals surface area (Å²) in [6, 6.07) is 7.55. The molecular weight excluding hydrogens is 394 g/mol. The van der Waals surface area contributed by atoms with Crippen LogP contribution in [-0.4, -0.2) is 36.3 Å². The van der Waals surface area contributed by atoms with Crippen molar-refractivity contribution in [2.45, 2.75) is 32.2 Å². The van der Waals surface area contributed by atoms with Crippen LogP contribution in [0, 0.1) is 5.92 Å². The van der Waals surface area contributed by atoms with Crippen LogP contribution in [0.25, 0.3) is 0 Å². The molecule has 0 aliphatic carbocycles. The Hall–Kier alpha value is -1.11. The van der Waals surface area contributed by atoms with Crippen LogP contribution >= 0.6 is 28.3 Å². The van der Waals surface area contributed by atoms with E-state index in [4.69, 9.17) is 5.73 Å². The Bertz CT molecular complexity index is 570. The summed E-state index contributed by atoms with van der Waals surface area (Å²) in [5.41, 5.74) is 6.12. The number of carbonyl (C=O) groups excluding carboxylic acids is 2. The fraction of sp³-hybridized carbons (Fsp3) is 0.529. The van der Waals surface area contributed by atoms with E-state index in [9.17, 15) is 9.59 Å². The summed E-state index contributed by atoms with van der Waals surface area (Å²) in [5, 5.41) is 2.85. The molecule has 1 saturated heterocycles. The third-order valence-electron chi connectivity index (χ3n) is 4.43. The highest BCUT2D eigenvalue weighted by Crippen LogP contribution is 2.25. The zero-order valence-corrected chi connectivity index (χ0v) is 16.5. The van der Waals surface area contributed by atoms with Gasteiger partial charge in [0.2, 0.25) is 11.8 Å². The van der Waals surface area contributed by atoms with Gasteiger partial charge < -0.3 is 16.0 Å². The van der Waals surface area contributed by atoms with E-state index in [1.807, 2.05) is 29.2 Å². The highest BCUT2D eigenvalue weighted by molar-refractivity contribution is 9.10. The molecule has 0 aromatic heterocycles. The van der Waals surface area contributed by atoms with Gasteiger partial charge in [0.25, 0.3) is 0 Å². The Labute approximate surface area is 157 Å². The van der Waals surface area contributed by atoms with Gasteiger partial charge in [-0.2, -0.15) is 0 Å². The second-order valence-corrected chi connectivity index (χ2v) is 7.30. The summed E-state index contributed by atoms with van der Waals surface area (Å²) >= 11 is 3.39. The lowest BCUT2D eigenvalue weighted by molar-refractivity contribution is -0.138. The molecule has 1 aliphatic rings. The van der Waals surface area contributed by atoms with Crippen molar-refractivity contribution < 1.29 is 9.59 Å². The first-order valence-corrected chi connectivity index (χ1v) is 8.68. The van der Waals surface area contributed by atoms with Crippen molar-refractivity contribution in [3.63, 3.8) is 0 Å². The van der Waals surface area contributed by atoms with Crippen LogP contribution in [0.1, 0.15) is 32.3 Å². The smallest absolute Gasteiger partial charge is 0.246 e. The van der Waals surface area contributed by atoms with E-state index in [-0.39, 0.29) is 24.2 Å². The van der Waals surface area contributed by atoms with Gasteiger partial charge in [-0.25, -0.2) is 0 Å². The zero-order chi connectivity index (χ0) is 17.0. The molecule has 24 heavy (non-hydrogen) atoms. The molecule has 0 spiro atoms. The third kappa shape index (κ3) is 5.19. The van der Waals surface area contributed by atoms with Crippen molar-refractivity contribution in [3.8, 4) is 0 Å². The number of amides is 2. The number of rotatable bonds is 4. The zero-order valence-electron chi connectivity index (χ0n) is 14.0. The Balaban J connectivity index is 0.00000288. The summed E-state index contributed by atoms with van der Waals surface area (Å²) in [7, 11) is 0.